The van der Waals surface area contributed by atoms with E-state index in [0.29, 0.717) is 29.8 Å². The molecule has 1 fully saturated rings. The fourth-order valence-electron chi connectivity index (χ4n) is 5.83. The number of hydrogen-bond acceptors (Lipinski definition) is 5. The van der Waals surface area contributed by atoms with Crippen LogP contribution in [-0.4, -0.2) is 51.7 Å². The summed E-state index contributed by atoms with van der Waals surface area (Å²) in [7, 11) is 0. The molecule has 0 radical (unpaired) electrons. The molecule has 7 heteroatoms. The van der Waals surface area contributed by atoms with Crippen LogP contribution in [0, 0.1) is 0 Å². The van der Waals surface area contributed by atoms with E-state index in [-0.39, 0.29) is 30.3 Å². The van der Waals surface area contributed by atoms with Crippen molar-refractivity contribution in [1.82, 2.24) is 20.0 Å². The molecule has 6 rings (SSSR count). The first-order valence-corrected chi connectivity index (χ1v) is 13.9. The Hall–Kier alpha value is -4.07. The van der Waals surface area contributed by atoms with E-state index in [1.165, 1.54) is 16.7 Å². The standard InChI is InChI=1S/C33H34N4O3/c1-22-17-36(18-23(2)40-22)19-25-8-9-26-13-28(14-27(26)12-25)31-15-30(10-11-32(31)38)35-33(39)29-16-34-37(21-29)20-24-6-4-3-5-7-24/h3-10,12,14-16,21-23H,11,13,17-20H2,1-2H3,(H,35,39). The van der Waals surface area contributed by atoms with Gasteiger partial charge in [0.15, 0.2) is 5.78 Å². The number of hydrogen-bond donors (Lipinski definition) is 1. The van der Waals surface area contributed by atoms with E-state index >= 15 is 0 Å². The second kappa shape index (κ2) is 11.2. The molecule has 1 aromatic heterocycles. The molecule has 2 heterocycles. The SMILES string of the molecule is CC1CN(Cc2ccc3c(c2)C=C(C2=CC(NC(=O)c4cnn(Cc5ccccc5)c4)=CCC2=O)C3)CC(C)O1. The van der Waals surface area contributed by atoms with Crippen molar-refractivity contribution in [2.75, 3.05) is 13.1 Å². The van der Waals surface area contributed by atoms with Crippen molar-refractivity contribution in [3.05, 3.63) is 118 Å². The molecule has 7 nitrogen and oxygen atoms in total. The third kappa shape index (κ3) is 5.91. The van der Waals surface area contributed by atoms with Crippen LogP contribution in [0.25, 0.3) is 6.08 Å². The van der Waals surface area contributed by atoms with Gasteiger partial charge in [0.05, 0.1) is 30.5 Å². The number of allylic oxidation sites excluding steroid dienone is 4. The number of benzene rings is 2. The summed E-state index contributed by atoms with van der Waals surface area (Å²) >= 11 is 0. The Kier molecular flexibility index (Phi) is 7.32. The van der Waals surface area contributed by atoms with Crippen molar-refractivity contribution in [2.24, 2.45) is 0 Å². The monoisotopic (exact) mass is 534 g/mol. The van der Waals surface area contributed by atoms with E-state index in [4.69, 9.17) is 4.74 Å². The van der Waals surface area contributed by atoms with Gasteiger partial charge in [0.25, 0.3) is 5.91 Å². The van der Waals surface area contributed by atoms with Crippen LogP contribution in [0.3, 0.4) is 0 Å². The lowest BCUT2D eigenvalue weighted by molar-refractivity contribution is -0.114. The molecule has 2 unspecified atom stereocenters. The number of nitrogens with one attached hydrogen (secondary N) is 1. The van der Waals surface area contributed by atoms with Gasteiger partial charge in [0, 0.05) is 43.5 Å². The Balaban J connectivity index is 1.12. The zero-order valence-electron chi connectivity index (χ0n) is 23.0. The molecule has 204 valence electrons. The van der Waals surface area contributed by atoms with Gasteiger partial charge in [-0.25, -0.2) is 0 Å². The number of carbonyl (C=O) groups excluding carboxylic acids is 2. The Morgan fingerprint density at radius 1 is 1.02 bits per heavy atom. The largest absolute Gasteiger partial charge is 0.373 e. The molecule has 1 saturated heterocycles. The van der Waals surface area contributed by atoms with E-state index in [1.807, 2.05) is 36.4 Å². The van der Waals surface area contributed by atoms with Crippen LogP contribution >= 0.6 is 0 Å². The van der Waals surface area contributed by atoms with Crippen LogP contribution in [0.5, 0.6) is 0 Å². The average Bonchev–Trinajstić information content (AvgIpc) is 3.57. The van der Waals surface area contributed by atoms with E-state index < -0.39 is 0 Å². The minimum Gasteiger partial charge on any atom is -0.373 e. The second-order valence-corrected chi connectivity index (χ2v) is 11.0. The number of Topliss-reactive ketones (excluding diaryl/α,β-unsaturated/α-hetero) is 1. The van der Waals surface area contributed by atoms with Gasteiger partial charge in [-0.05, 0) is 54.2 Å². The Morgan fingerprint density at radius 2 is 1.82 bits per heavy atom. The molecule has 1 N–H and O–H groups in total. The van der Waals surface area contributed by atoms with Crippen molar-refractivity contribution >= 4 is 17.8 Å². The number of carbonyl (C=O) groups is 2. The normalized spacial score (nSPS) is 20.9. The first-order chi connectivity index (χ1) is 19.4. The summed E-state index contributed by atoms with van der Waals surface area (Å²) < 4.78 is 7.63. The number of nitrogens with zero attached hydrogens (tertiary/aromatic N) is 3. The maximum atomic E-state index is 13.0. The fraction of sp³-hybridized carbons (Fsp3) is 0.303. The van der Waals surface area contributed by atoms with Gasteiger partial charge in [-0.15, -0.1) is 0 Å². The highest BCUT2D eigenvalue weighted by molar-refractivity contribution is 6.04. The molecule has 2 atom stereocenters. The second-order valence-electron chi connectivity index (χ2n) is 11.0. The lowest BCUT2D eigenvalue weighted by atomic mass is 9.93. The minimum absolute atomic E-state index is 0.0734. The van der Waals surface area contributed by atoms with Crippen LogP contribution in [0.1, 0.15) is 52.9 Å². The number of morpholine rings is 1. The minimum atomic E-state index is -0.240. The molecular formula is C33H34N4O3. The van der Waals surface area contributed by atoms with Crippen LogP contribution in [0.2, 0.25) is 0 Å². The van der Waals surface area contributed by atoms with Crippen molar-refractivity contribution in [3.63, 3.8) is 0 Å². The van der Waals surface area contributed by atoms with E-state index in [2.05, 4.69) is 53.4 Å². The predicted molar refractivity (Wildman–Crippen MR) is 154 cm³/mol. The first-order valence-electron chi connectivity index (χ1n) is 13.9. The van der Waals surface area contributed by atoms with E-state index in [0.717, 1.165) is 30.8 Å². The number of amides is 1. The molecule has 2 aliphatic carbocycles. The van der Waals surface area contributed by atoms with E-state index in [9.17, 15) is 9.59 Å². The summed E-state index contributed by atoms with van der Waals surface area (Å²) in [5, 5.41) is 7.30. The van der Waals surface area contributed by atoms with Crippen LogP contribution in [0.15, 0.2) is 89.9 Å². The maximum Gasteiger partial charge on any atom is 0.258 e. The van der Waals surface area contributed by atoms with Gasteiger partial charge in [0.2, 0.25) is 0 Å². The van der Waals surface area contributed by atoms with Gasteiger partial charge in [-0.2, -0.15) is 5.10 Å². The Morgan fingerprint density at radius 3 is 2.62 bits per heavy atom. The van der Waals surface area contributed by atoms with Crippen LogP contribution < -0.4 is 5.32 Å². The molecule has 0 bridgehead atoms. The number of ketones is 1. The Bertz CT molecular complexity index is 1520. The molecule has 0 spiro atoms. The highest BCUT2D eigenvalue weighted by Crippen LogP contribution is 2.33. The van der Waals surface area contributed by atoms with Gasteiger partial charge >= 0.3 is 0 Å². The van der Waals surface area contributed by atoms with E-state index in [1.54, 1.807) is 23.2 Å². The number of rotatable bonds is 7. The lowest BCUT2D eigenvalue weighted by Gasteiger charge is -2.35. The molecule has 1 aliphatic heterocycles. The van der Waals surface area contributed by atoms with Crippen molar-refractivity contribution in [2.45, 2.75) is 52.0 Å². The van der Waals surface area contributed by atoms with Gasteiger partial charge in [0.1, 0.15) is 0 Å². The summed E-state index contributed by atoms with van der Waals surface area (Å²) in [6.45, 7) is 7.59. The molecule has 3 aromatic rings. The van der Waals surface area contributed by atoms with Crippen molar-refractivity contribution in [1.29, 1.82) is 0 Å². The fourth-order valence-corrected chi connectivity index (χ4v) is 5.83. The third-order valence-corrected chi connectivity index (χ3v) is 7.62. The maximum absolute atomic E-state index is 13.0. The van der Waals surface area contributed by atoms with Crippen molar-refractivity contribution in [3.8, 4) is 0 Å². The topological polar surface area (TPSA) is 76.5 Å². The number of fused-ring (bicyclic) bond motifs is 1. The highest BCUT2D eigenvalue weighted by Gasteiger charge is 2.25. The lowest BCUT2D eigenvalue weighted by Crippen LogP contribution is -2.44. The summed E-state index contributed by atoms with van der Waals surface area (Å²) in [5.74, 6) is -0.167. The van der Waals surface area contributed by atoms with Gasteiger partial charge < -0.3 is 10.1 Å². The van der Waals surface area contributed by atoms with Crippen LogP contribution in [-0.2, 0) is 29.0 Å². The highest BCUT2D eigenvalue weighted by atomic mass is 16.5. The smallest absolute Gasteiger partial charge is 0.258 e. The summed E-state index contributed by atoms with van der Waals surface area (Å²) in [6, 6.07) is 16.6. The zero-order valence-corrected chi connectivity index (χ0v) is 23.0. The predicted octanol–water partition coefficient (Wildman–Crippen LogP) is 4.69. The summed E-state index contributed by atoms with van der Waals surface area (Å²) in [6.07, 6.45) is 10.5. The first kappa shape index (κ1) is 26.2. The van der Waals surface area contributed by atoms with Gasteiger partial charge in [-0.3, -0.25) is 19.2 Å². The molecule has 40 heavy (non-hydrogen) atoms. The zero-order chi connectivity index (χ0) is 27.6. The molecule has 0 saturated carbocycles. The third-order valence-electron chi connectivity index (χ3n) is 7.62. The quantitative estimate of drug-likeness (QED) is 0.476. The summed E-state index contributed by atoms with van der Waals surface area (Å²) in [4.78, 5) is 28.3. The van der Waals surface area contributed by atoms with Crippen LogP contribution in [0.4, 0.5) is 0 Å². The number of aromatic nitrogens is 2. The number of ether oxygens (including phenoxy) is 1. The molecular weight excluding hydrogens is 500 g/mol. The molecule has 3 aliphatic rings. The Labute approximate surface area is 234 Å². The van der Waals surface area contributed by atoms with Gasteiger partial charge in [-0.1, -0.05) is 60.7 Å². The molecule has 2 aromatic carbocycles. The van der Waals surface area contributed by atoms with Crippen molar-refractivity contribution < 1.29 is 14.3 Å². The molecule has 1 amide bonds. The summed E-state index contributed by atoms with van der Waals surface area (Å²) in [5.41, 5.74) is 7.57. The average molecular weight is 535 g/mol.